The smallest absolute Gasteiger partial charge is 0.359 e. The molecule has 0 aliphatic heterocycles. The fraction of sp³-hybridized carbons (Fsp3) is 0.211. The Labute approximate surface area is 160 Å². The van der Waals surface area contributed by atoms with E-state index in [1.807, 2.05) is 6.92 Å². The third kappa shape index (κ3) is 3.74. The van der Waals surface area contributed by atoms with E-state index in [9.17, 15) is 9.59 Å². The Bertz CT molecular complexity index is 1030. The molecule has 2 aromatic carbocycles. The first-order chi connectivity index (χ1) is 12.5. The summed E-state index contributed by atoms with van der Waals surface area (Å²) in [7, 11) is 0. The molecular formula is C19H16Cl2N2O3. The summed E-state index contributed by atoms with van der Waals surface area (Å²) in [6, 6.07) is 11.8. The number of halogens is 2. The number of carbonyl (C=O) groups excluding carboxylic acids is 1. The van der Waals surface area contributed by atoms with Crippen LogP contribution in [-0.2, 0) is 17.9 Å². The van der Waals surface area contributed by atoms with Gasteiger partial charge < -0.3 is 4.74 Å². The minimum atomic E-state index is -0.614. The molecule has 26 heavy (non-hydrogen) atoms. The van der Waals surface area contributed by atoms with E-state index in [1.165, 1.54) is 4.68 Å². The van der Waals surface area contributed by atoms with Gasteiger partial charge in [0.2, 0.25) is 0 Å². The summed E-state index contributed by atoms with van der Waals surface area (Å²) >= 11 is 12.0. The Morgan fingerprint density at radius 2 is 1.88 bits per heavy atom. The van der Waals surface area contributed by atoms with Crippen LogP contribution in [0.15, 0.2) is 47.3 Å². The number of aryl methyl sites for hydroxylation is 1. The SMILES string of the molecule is CCCn1nc(C(=O)OCc2ccc(Cl)cc2Cl)c2ccccc2c1=O. The minimum absolute atomic E-state index is 0.0161. The third-order valence-corrected chi connectivity index (χ3v) is 4.46. The summed E-state index contributed by atoms with van der Waals surface area (Å²) in [4.78, 5) is 25.1. The van der Waals surface area contributed by atoms with Gasteiger partial charge in [-0.1, -0.05) is 54.4 Å². The van der Waals surface area contributed by atoms with Crippen molar-refractivity contribution in [2.24, 2.45) is 0 Å². The molecule has 3 aromatic rings. The van der Waals surface area contributed by atoms with Crippen LogP contribution in [0.25, 0.3) is 10.8 Å². The number of rotatable bonds is 5. The summed E-state index contributed by atoms with van der Waals surface area (Å²) in [5, 5.41) is 6.04. The summed E-state index contributed by atoms with van der Waals surface area (Å²) in [5.41, 5.74) is 0.522. The number of nitrogens with zero attached hydrogens (tertiary/aromatic N) is 2. The molecule has 3 rings (SSSR count). The lowest BCUT2D eigenvalue weighted by atomic mass is 10.1. The van der Waals surface area contributed by atoms with Crippen LogP contribution >= 0.6 is 23.2 Å². The predicted octanol–water partition coefficient (Wildman–Crippen LogP) is 4.47. The lowest BCUT2D eigenvalue weighted by molar-refractivity contribution is 0.0465. The van der Waals surface area contributed by atoms with E-state index < -0.39 is 5.97 Å². The third-order valence-electron chi connectivity index (χ3n) is 3.87. The number of hydrogen-bond acceptors (Lipinski definition) is 4. The molecule has 0 saturated carbocycles. The number of hydrogen-bond donors (Lipinski definition) is 0. The molecule has 134 valence electrons. The zero-order chi connectivity index (χ0) is 18.7. The van der Waals surface area contributed by atoms with E-state index in [1.54, 1.807) is 42.5 Å². The van der Waals surface area contributed by atoms with Gasteiger partial charge in [-0.2, -0.15) is 5.10 Å². The maximum Gasteiger partial charge on any atom is 0.359 e. The zero-order valence-electron chi connectivity index (χ0n) is 14.0. The van der Waals surface area contributed by atoms with Gasteiger partial charge in [-0.25, -0.2) is 9.48 Å². The highest BCUT2D eigenvalue weighted by molar-refractivity contribution is 6.35. The summed E-state index contributed by atoms with van der Waals surface area (Å²) < 4.78 is 6.67. The molecule has 0 atom stereocenters. The van der Waals surface area contributed by atoms with E-state index in [-0.39, 0.29) is 17.9 Å². The highest BCUT2D eigenvalue weighted by Crippen LogP contribution is 2.22. The van der Waals surface area contributed by atoms with Crippen LogP contribution in [0.5, 0.6) is 0 Å². The molecule has 1 aromatic heterocycles. The predicted molar refractivity (Wildman–Crippen MR) is 102 cm³/mol. The van der Waals surface area contributed by atoms with Crippen molar-refractivity contribution in [3.05, 3.63) is 74.1 Å². The van der Waals surface area contributed by atoms with Crippen LogP contribution < -0.4 is 5.56 Å². The van der Waals surface area contributed by atoms with Crippen LogP contribution in [0, 0.1) is 0 Å². The molecule has 0 aliphatic carbocycles. The molecule has 5 nitrogen and oxygen atoms in total. The van der Waals surface area contributed by atoms with Crippen molar-refractivity contribution in [3.63, 3.8) is 0 Å². The number of carbonyl (C=O) groups is 1. The van der Waals surface area contributed by atoms with Crippen LogP contribution in [0.1, 0.15) is 29.4 Å². The average molecular weight is 391 g/mol. The maximum absolute atomic E-state index is 12.6. The number of fused-ring (bicyclic) bond motifs is 1. The zero-order valence-corrected chi connectivity index (χ0v) is 15.5. The Kier molecular flexibility index (Phi) is 5.59. The van der Waals surface area contributed by atoms with E-state index in [4.69, 9.17) is 27.9 Å². The van der Waals surface area contributed by atoms with Crippen LogP contribution in [0.3, 0.4) is 0 Å². The van der Waals surface area contributed by atoms with E-state index >= 15 is 0 Å². The number of benzene rings is 2. The molecule has 7 heteroatoms. The van der Waals surface area contributed by atoms with Gasteiger partial charge >= 0.3 is 5.97 Å². The van der Waals surface area contributed by atoms with Gasteiger partial charge in [0.25, 0.3) is 5.56 Å². The van der Waals surface area contributed by atoms with Crippen LogP contribution in [0.4, 0.5) is 0 Å². The first kappa shape index (κ1) is 18.4. The van der Waals surface area contributed by atoms with Crippen molar-refractivity contribution in [1.29, 1.82) is 0 Å². The van der Waals surface area contributed by atoms with E-state index in [0.717, 1.165) is 6.42 Å². The highest BCUT2D eigenvalue weighted by Gasteiger charge is 2.18. The molecule has 0 spiro atoms. The molecule has 1 heterocycles. The second kappa shape index (κ2) is 7.89. The molecule has 0 radical (unpaired) electrons. The maximum atomic E-state index is 12.6. The van der Waals surface area contributed by atoms with Crippen molar-refractivity contribution in [3.8, 4) is 0 Å². The number of esters is 1. The van der Waals surface area contributed by atoms with Gasteiger partial charge in [-0.3, -0.25) is 4.79 Å². The first-order valence-corrected chi connectivity index (χ1v) is 8.87. The monoisotopic (exact) mass is 390 g/mol. The van der Waals surface area contributed by atoms with Crippen molar-refractivity contribution in [2.75, 3.05) is 0 Å². The standard InChI is InChI=1S/C19H16Cl2N2O3/c1-2-9-23-18(24)15-6-4-3-5-14(15)17(22-23)19(25)26-11-12-7-8-13(20)10-16(12)21/h3-8,10H,2,9,11H2,1H3. The quantitative estimate of drug-likeness (QED) is 0.602. The van der Waals surface area contributed by atoms with Gasteiger partial charge in [0.1, 0.15) is 6.61 Å². The van der Waals surface area contributed by atoms with Gasteiger partial charge in [-0.05, 0) is 24.6 Å². The molecule has 0 amide bonds. The fourth-order valence-corrected chi connectivity index (χ4v) is 3.06. The van der Waals surface area contributed by atoms with Crippen molar-refractivity contribution in [2.45, 2.75) is 26.5 Å². The lowest BCUT2D eigenvalue weighted by Crippen LogP contribution is -2.26. The normalized spacial score (nSPS) is 10.9. The van der Waals surface area contributed by atoms with Crippen molar-refractivity contribution >= 4 is 39.9 Å². The first-order valence-electron chi connectivity index (χ1n) is 8.12. The van der Waals surface area contributed by atoms with Crippen molar-refractivity contribution in [1.82, 2.24) is 9.78 Å². The van der Waals surface area contributed by atoms with Gasteiger partial charge in [0.15, 0.2) is 5.69 Å². The molecular weight excluding hydrogens is 375 g/mol. The molecule has 0 fully saturated rings. The molecule has 0 bridgehead atoms. The van der Waals surface area contributed by atoms with E-state index in [2.05, 4.69) is 5.10 Å². The average Bonchev–Trinajstić information content (AvgIpc) is 2.63. The minimum Gasteiger partial charge on any atom is -0.456 e. The van der Waals surface area contributed by atoms with Gasteiger partial charge in [-0.15, -0.1) is 0 Å². The largest absolute Gasteiger partial charge is 0.456 e. The van der Waals surface area contributed by atoms with Crippen LogP contribution in [0.2, 0.25) is 10.0 Å². The second-order valence-electron chi connectivity index (χ2n) is 5.73. The van der Waals surface area contributed by atoms with Crippen LogP contribution in [-0.4, -0.2) is 15.7 Å². The summed E-state index contributed by atoms with van der Waals surface area (Å²) in [6.45, 7) is 2.34. The number of ether oxygens (including phenoxy) is 1. The summed E-state index contributed by atoms with van der Waals surface area (Å²) in [6.07, 6.45) is 0.722. The Morgan fingerprint density at radius 1 is 1.15 bits per heavy atom. The Morgan fingerprint density at radius 3 is 2.58 bits per heavy atom. The highest BCUT2D eigenvalue weighted by atomic mass is 35.5. The summed E-state index contributed by atoms with van der Waals surface area (Å²) in [5.74, 6) is -0.614. The fourth-order valence-electron chi connectivity index (χ4n) is 2.60. The van der Waals surface area contributed by atoms with E-state index in [0.29, 0.717) is 32.9 Å². The topological polar surface area (TPSA) is 61.2 Å². The molecule has 0 aliphatic rings. The van der Waals surface area contributed by atoms with Gasteiger partial charge in [0, 0.05) is 27.5 Å². The molecule has 0 saturated heterocycles. The number of aromatic nitrogens is 2. The molecule has 0 unspecified atom stereocenters. The lowest BCUT2D eigenvalue weighted by Gasteiger charge is -2.11. The van der Waals surface area contributed by atoms with Gasteiger partial charge in [0.05, 0.1) is 5.39 Å². The Balaban J connectivity index is 1.94. The Hall–Kier alpha value is -2.37. The second-order valence-corrected chi connectivity index (χ2v) is 6.58. The van der Waals surface area contributed by atoms with Crippen molar-refractivity contribution < 1.29 is 9.53 Å². The molecule has 0 N–H and O–H groups in total.